The smallest absolute Gasteiger partial charge is 0.364 e. The molecule has 3 aromatic carbocycles. The number of halogens is 3. The number of rotatable bonds is 5. The molecule has 258 valence electrons. The van der Waals surface area contributed by atoms with Crippen LogP contribution in [0.3, 0.4) is 0 Å². The third kappa shape index (κ3) is 3.97. The Morgan fingerprint density at radius 1 is 0.680 bits per heavy atom. The molecule has 3 aromatic rings. The molecule has 6 heterocycles. The van der Waals surface area contributed by atoms with Gasteiger partial charge >= 0.3 is 6.18 Å². The molecule has 13 heteroatoms. The van der Waals surface area contributed by atoms with Gasteiger partial charge in [0, 0.05) is 17.8 Å². The van der Waals surface area contributed by atoms with Crippen LogP contribution in [0.15, 0.2) is 78.9 Å². The summed E-state index contributed by atoms with van der Waals surface area (Å²) in [7, 11) is 0. The quantitative estimate of drug-likeness (QED) is 0.327. The van der Waals surface area contributed by atoms with Crippen molar-refractivity contribution in [3.63, 3.8) is 0 Å². The molecule has 0 radical (unpaired) electrons. The second-order valence-electron chi connectivity index (χ2n) is 14.5. The summed E-state index contributed by atoms with van der Waals surface area (Å²) in [5.41, 5.74) is 2.01. The SMILES string of the molecule is C[C@H](C[C@@H]1NC(=O)[C@@H]2C[C@@]3([C@]45C[C@H]6C(=O)N[C@@H](Cc7ccccc7)C(=O)N6[C@H]4Nc4ccccc45)c4ccccc4NC3N2C1=O)C(F)(F)F. The third-order valence-electron chi connectivity index (χ3n) is 12.2. The van der Waals surface area contributed by atoms with E-state index >= 15 is 0 Å². The van der Waals surface area contributed by atoms with Gasteiger partial charge in [0.25, 0.3) is 0 Å². The maximum Gasteiger partial charge on any atom is 0.391 e. The normalized spacial score (nSPS) is 34.0. The fraction of sp³-hybridized carbons (Fsp3) is 0.405. The van der Waals surface area contributed by atoms with E-state index in [4.69, 9.17) is 0 Å². The zero-order valence-corrected chi connectivity index (χ0v) is 27.0. The monoisotopic (exact) mass is 684 g/mol. The van der Waals surface area contributed by atoms with E-state index in [1.165, 1.54) is 4.90 Å². The number of fused-ring (bicyclic) bond motifs is 11. The Morgan fingerprint density at radius 2 is 1.14 bits per heavy atom. The van der Waals surface area contributed by atoms with Gasteiger partial charge < -0.3 is 31.1 Å². The van der Waals surface area contributed by atoms with Gasteiger partial charge in [-0.25, -0.2) is 0 Å². The van der Waals surface area contributed by atoms with E-state index in [-0.39, 0.29) is 24.7 Å². The van der Waals surface area contributed by atoms with Gasteiger partial charge in [-0.1, -0.05) is 73.7 Å². The zero-order valence-electron chi connectivity index (χ0n) is 27.0. The summed E-state index contributed by atoms with van der Waals surface area (Å²) in [6.07, 6.45) is -6.05. The fourth-order valence-corrected chi connectivity index (χ4v) is 10.0. The Kier molecular flexibility index (Phi) is 6.48. The first-order chi connectivity index (χ1) is 24.0. The maximum atomic E-state index is 14.6. The van der Waals surface area contributed by atoms with Crippen LogP contribution in [0.25, 0.3) is 0 Å². The van der Waals surface area contributed by atoms with E-state index < -0.39 is 77.7 Å². The third-order valence-corrected chi connectivity index (χ3v) is 12.2. The molecule has 4 fully saturated rings. The molecule has 0 saturated carbocycles. The summed E-state index contributed by atoms with van der Waals surface area (Å²) < 4.78 is 41.0. The molecule has 4 saturated heterocycles. The molecule has 0 aliphatic carbocycles. The van der Waals surface area contributed by atoms with Gasteiger partial charge in [0.05, 0.1) is 16.7 Å². The lowest BCUT2D eigenvalue weighted by Crippen LogP contribution is -2.67. The minimum absolute atomic E-state index is 0.136. The second kappa shape index (κ2) is 10.5. The van der Waals surface area contributed by atoms with E-state index in [0.717, 1.165) is 35.0 Å². The number of piperazine rings is 2. The molecule has 6 aliphatic rings. The molecule has 0 aromatic heterocycles. The molecule has 0 bridgehead atoms. The van der Waals surface area contributed by atoms with Gasteiger partial charge in [0.1, 0.15) is 36.5 Å². The number of nitrogens with zero attached hydrogens (tertiary/aromatic N) is 2. The summed E-state index contributed by atoms with van der Waals surface area (Å²) in [5.74, 6) is -3.43. The molecule has 4 N–H and O–H groups in total. The predicted molar refractivity (Wildman–Crippen MR) is 175 cm³/mol. The van der Waals surface area contributed by atoms with Crippen LogP contribution in [-0.2, 0) is 36.4 Å². The molecule has 9 atom stereocenters. The van der Waals surface area contributed by atoms with Gasteiger partial charge in [0.15, 0.2) is 0 Å². The van der Waals surface area contributed by atoms with Crippen molar-refractivity contribution in [1.82, 2.24) is 20.4 Å². The number of hydrogen-bond donors (Lipinski definition) is 4. The molecular weight excluding hydrogens is 649 g/mol. The molecule has 6 aliphatic heterocycles. The van der Waals surface area contributed by atoms with Gasteiger partial charge in [-0.3, -0.25) is 19.2 Å². The highest BCUT2D eigenvalue weighted by atomic mass is 19.4. The molecule has 50 heavy (non-hydrogen) atoms. The van der Waals surface area contributed by atoms with Crippen molar-refractivity contribution in [2.24, 2.45) is 5.92 Å². The first-order valence-corrected chi connectivity index (χ1v) is 17.0. The first-order valence-electron chi connectivity index (χ1n) is 17.0. The lowest BCUT2D eigenvalue weighted by atomic mass is 9.54. The Bertz CT molecular complexity index is 1960. The van der Waals surface area contributed by atoms with Crippen LogP contribution in [0, 0.1) is 5.92 Å². The van der Waals surface area contributed by atoms with E-state index in [1.807, 2.05) is 78.9 Å². The number of carbonyl (C=O) groups is 4. The lowest BCUT2D eigenvalue weighted by Gasteiger charge is -2.48. The van der Waals surface area contributed by atoms with Gasteiger partial charge in [-0.15, -0.1) is 0 Å². The average Bonchev–Trinajstić information content (AvgIpc) is 3.80. The molecule has 1 unspecified atom stereocenters. The molecule has 10 nitrogen and oxygen atoms in total. The maximum absolute atomic E-state index is 14.6. The number of nitrogens with one attached hydrogen (secondary N) is 4. The molecular formula is C37H35F3N6O4. The van der Waals surface area contributed by atoms with Crippen LogP contribution >= 0.6 is 0 Å². The predicted octanol–water partition coefficient (Wildman–Crippen LogP) is 3.40. The molecule has 4 amide bonds. The van der Waals surface area contributed by atoms with E-state index in [1.54, 1.807) is 4.90 Å². The van der Waals surface area contributed by atoms with E-state index in [2.05, 4.69) is 21.3 Å². The molecule has 0 spiro atoms. The van der Waals surface area contributed by atoms with Crippen molar-refractivity contribution < 1.29 is 32.3 Å². The van der Waals surface area contributed by atoms with Crippen molar-refractivity contribution in [3.8, 4) is 0 Å². The van der Waals surface area contributed by atoms with Crippen LogP contribution < -0.4 is 21.3 Å². The summed E-state index contributed by atoms with van der Waals surface area (Å²) in [5, 5.41) is 12.8. The van der Waals surface area contributed by atoms with E-state index in [9.17, 15) is 32.3 Å². The lowest BCUT2D eigenvalue weighted by molar-refractivity contribution is -0.176. The number of amides is 4. The molecule has 9 rings (SSSR count). The minimum Gasteiger partial charge on any atom is -0.364 e. The topological polar surface area (TPSA) is 123 Å². The Morgan fingerprint density at radius 3 is 1.66 bits per heavy atom. The number of para-hydroxylation sites is 2. The number of benzene rings is 3. The first kappa shape index (κ1) is 30.9. The Balaban J connectivity index is 1.19. The highest BCUT2D eigenvalue weighted by molar-refractivity contribution is 6.01. The Labute approximate surface area is 285 Å². The second-order valence-corrected chi connectivity index (χ2v) is 14.5. The highest BCUT2D eigenvalue weighted by Gasteiger charge is 2.78. The number of alkyl halides is 3. The number of hydrogen-bond acceptors (Lipinski definition) is 6. The summed E-state index contributed by atoms with van der Waals surface area (Å²) >= 11 is 0. The van der Waals surface area contributed by atoms with Crippen molar-refractivity contribution in [2.45, 2.75) is 86.1 Å². The van der Waals surface area contributed by atoms with Gasteiger partial charge in [-0.05, 0) is 48.1 Å². The van der Waals surface area contributed by atoms with Crippen molar-refractivity contribution in [1.29, 1.82) is 0 Å². The van der Waals surface area contributed by atoms with Crippen molar-refractivity contribution in [2.75, 3.05) is 10.6 Å². The number of carbonyl (C=O) groups excluding carboxylic acids is 4. The van der Waals surface area contributed by atoms with Crippen molar-refractivity contribution in [3.05, 3.63) is 95.6 Å². The summed E-state index contributed by atoms with van der Waals surface area (Å²) in [6.45, 7) is 1.01. The fourth-order valence-electron chi connectivity index (χ4n) is 10.0. The van der Waals surface area contributed by atoms with Crippen LogP contribution in [0.1, 0.15) is 42.9 Å². The number of anilines is 2. The van der Waals surface area contributed by atoms with Crippen molar-refractivity contribution >= 4 is 35.0 Å². The van der Waals surface area contributed by atoms with Crippen LogP contribution in [-0.4, -0.2) is 76.1 Å². The highest BCUT2D eigenvalue weighted by Crippen LogP contribution is 2.68. The van der Waals surface area contributed by atoms with E-state index in [0.29, 0.717) is 6.42 Å². The largest absolute Gasteiger partial charge is 0.391 e. The van der Waals surface area contributed by atoms with Crippen LogP contribution in [0.4, 0.5) is 24.5 Å². The van der Waals surface area contributed by atoms with Crippen LogP contribution in [0.5, 0.6) is 0 Å². The van der Waals surface area contributed by atoms with Crippen LogP contribution in [0.2, 0.25) is 0 Å². The standard InChI is InChI=1S/C37H35F3N6O4/c1-19(37(38,39)40)15-25-31(49)45-27(29(47)41-25)17-35(21-11-5-7-13-23(21)43-33(35)45)36-18-28-30(48)42-26(16-20-9-3-2-4-10-20)32(50)46(28)34(36)44-24-14-8-6-12-22(24)36/h2-14,19,25-28,33-34,43-44H,15-18H2,1H3,(H,41,47)(H,42,48)/t19-,25+,26+,27+,28+,33?,34-,35-,36+/m1/s1. The summed E-state index contributed by atoms with van der Waals surface area (Å²) in [4.78, 5) is 60.0. The Hall–Kier alpha value is -5.07. The van der Waals surface area contributed by atoms with Gasteiger partial charge in [0.2, 0.25) is 23.6 Å². The average molecular weight is 685 g/mol. The van der Waals surface area contributed by atoms with Gasteiger partial charge in [-0.2, -0.15) is 13.2 Å². The zero-order chi connectivity index (χ0) is 34.7. The summed E-state index contributed by atoms with van der Waals surface area (Å²) in [6, 6.07) is 20.8. The minimum atomic E-state index is -4.54.